The first-order valence-corrected chi connectivity index (χ1v) is 7.40. The van der Waals surface area contributed by atoms with Gasteiger partial charge in [0.05, 0.1) is 5.92 Å². The Morgan fingerprint density at radius 1 is 1.32 bits per heavy atom. The molecule has 1 aromatic carbocycles. The summed E-state index contributed by atoms with van der Waals surface area (Å²) >= 11 is 0. The Hall–Kier alpha value is -1.59. The molecule has 0 bridgehead atoms. The van der Waals surface area contributed by atoms with Crippen molar-refractivity contribution >= 4 is 29.9 Å². The molecule has 5 nitrogen and oxygen atoms in total. The normalized spacial score (nSPS) is 17.0. The molecule has 0 spiro atoms. The molecule has 1 heterocycles. The molecule has 0 saturated carbocycles. The minimum atomic E-state index is -0.0830. The van der Waals surface area contributed by atoms with Gasteiger partial charge in [0.15, 0.2) is 0 Å². The third-order valence-electron chi connectivity index (χ3n) is 3.59. The van der Waals surface area contributed by atoms with Crippen molar-refractivity contribution < 1.29 is 9.59 Å². The number of carbonyl (C=O) groups excluding carboxylic acids is 2. The maximum absolute atomic E-state index is 12.1. The topological polar surface area (TPSA) is 70.2 Å². The van der Waals surface area contributed by atoms with Gasteiger partial charge >= 0.3 is 0 Å². The van der Waals surface area contributed by atoms with Crippen LogP contribution in [0.2, 0.25) is 0 Å². The molecule has 2 rings (SSSR count). The molecule has 2 amide bonds. The summed E-state index contributed by atoms with van der Waals surface area (Å²) < 4.78 is 0. The SMILES string of the molecule is Cc1cc(NC(=O)C2CCNC2)ccc1C(=O)NC(C)C.Cl. The number of aryl methyl sites for hydroxylation is 1. The van der Waals surface area contributed by atoms with Gasteiger partial charge in [-0.05, 0) is 57.5 Å². The molecule has 22 heavy (non-hydrogen) atoms. The second-order valence-corrected chi connectivity index (χ2v) is 5.84. The quantitative estimate of drug-likeness (QED) is 0.794. The van der Waals surface area contributed by atoms with Crippen molar-refractivity contribution in [1.82, 2.24) is 10.6 Å². The van der Waals surface area contributed by atoms with E-state index < -0.39 is 0 Å². The summed E-state index contributed by atoms with van der Waals surface area (Å²) in [6.07, 6.45) is 0.875. The van der Waals surface area contributed by atoms with Gasteiger partial charge in [-0.1, -0.05) is 0 Å². The summed E-state index contributed by atoms with van der Waals surface area (Å²) in [6, 6.07) is 5.49. The van der Waals surface area contributed by atoms with Crippen molar-refractivity contribution in [2.75, 3.05) is 18.4 Å². The van der Waals surface area contributed by atoms with E-state index >= 15 is 0 Å². The molecular weight excluding hydrogens is 302 g/mol. The largest absolute Gasteiger partial charge is 0.350 e. The van der Waals surface area contributed by atoms with Crippen LogP contribution in [-0.2, 0) is 4.79 Å². The minimum Gasteiger partial charge on any atom is -0.350 e. The number of halogens is 1. The molecule has 1 aromatic rings. The molecule has 122 valence electrons. The third kappa shape index (κ3) is 4.71. The van der Waals surface area contributed by atoms with E-state index in [1.807, 2.05) is 26.8 Å². The van der Waals surface area contributed by atoms with Gasteiger partial charge in [-0.3, -0.25) is 9.59 Å². The smallest absolute Gasteiger partial charge is 0.251 e. The standard InChI is InChI=1S/C16H23N3O2.ClH/c1-10(2)18-16(21)14-5-4-13(8-11(14)3)19-15(20)12-6-7-17-9-12;/h4-5,8,10,12,17H,6-7,9H2,1-3H3,(H,18,21)(H,19,20);1H. The first-order chi connectivity index (χ1) is 9.97. The minimum absolute atomic E-state index is 0. The highest BCUT2D eigenvalue weighted by molar-refractivity contribution is 5.97. The highest BCUT2D eigenvalue weighted by Gasteiger charge is 2.22. The number of nitrogens with one attached hydrogen (secondary N) is 3. The maximum Gasteiger partial charge on any atom is 0.251 e. The van der Waals surface area contributed by atoms with Crippen molar-refractivity contribution in [2.24, 2.45) is 5.92 Å². The fraction of sp³-hybridized carbons (Fsp3) is 0.500. The van der Waals surface area contributed by atoms with Gasteiger partial charge in [0.25, 0.3) is 5.91 Å². The van der Waals surface area contributed by atoms with Crippen LogP contribution in [0.15, 0.2) is 18.2 Å². The molecule has 0 aromatic heterocycles. The lowest BCUT2D eigenvalue weighted by Crippen LogP contribution is -2.30. The van der Waals surface area contributed by atoms with Crippen LogP contribution in [-0.4, -0.2) is 30.9 Å². The van der Waals surface area contributed by atoms with E-state index in [2.05, 4.69) is 16.0 Å². The van der Waals surface area contributed by atoms with E-state index in [9.17, 15) is 9.59 Å². The van der Waals surface area contributed by atoms with Gasteiger partial charge in [0, 0.05) is 23.8 Å². The molecule has 1 aliphatic heterocycles. The first kappa shape index (κ1) is 18.5. The van der Waals surface area contributed by atoms with Crippen LogP contribution in [0.4, 0.5) is 5.69 Å². The first-order valence-electron chi connectivity index (χ1n) is 7.40. The van der Waals surface area contributed by atoms with E-state index in [1.165, 1.54) is 0 Å². The fourth-order valence-electron chi connectivity index (χ4n) is 2.46. The highest BCUT2D eigenvalue weighted by Crippen LogP contribution is 2.17. The van der Waals surface area contributed by atoms with Gasteiger partial charge in [-0.15, -0.1) is 12.4 Å². The Bertz CT molecular complexity index is 540. The average molecular weight is 326 g/mol. The predicted octanol–water partition coefficient (Wildman–Crippen LogP) is 2.10. The summed E-state index contributed by atoms with van der Waals surface area (Å²) in [5.74, 6) is -0.00614. The van der Waals surface area contributed by atoms with Crippen molar-refractivity contribution in [3.8, 4) is 0 Å². The van der Waals surface area contributed by atoms with Gasteiger partial charge in [0.2, 0.25) is 5.91 Å². The second-order valence-electron chi connectivity index (χ2n) is 5.84. The van der Waals surface area contributed by atoms with Crippen molar-refractivity contribution in [3.05, 3.63) is 29.3 Å². The van der Waals surface area contributed by atoms with Crippen LogP contribution in [0.25, 0.3) is 0 Å². The Morgan fingerprint density at radius 3 is 2.59 bits per heavy atom. The molecule has 3 N–H and O–H groups in total. The maximum atomic E-state index is 12.1. The van der Waals surface area contributed by atoms with Crippen molar-refractivity contribution in [1.29, 1.82) is 0 Å². The van der Waals surface area contributed by atoms with Crippen LogP contribution < -0.4 is 16.0 Å². The molecule has 0 aliphatic carbocycles. The monoisotopic (exact) mass is 325 g/mol. The summed E-state index contributed by atoms with van der Waals surface area (Å²) in [5, 5.41) is 8.97. The third-order valence-corrected chi connectivity index (χ3v) is 3.59. The molecular formula is C16H24ClN3O2. The summed E-state index contributed by atoms with van der Waals surface area (Å²) in [7, 11) is 0. The number of rotatable bonds is 4. The second kappa shape index (κ2) is 8.15. The lowest BCUT2D eigenvalue weighted by atomic mass is 10.1. The average Bonchev–Trinajstić information content (AvgIpc) is 2.91. The number of anilines is 1. The van der Waals surface area contributed by atoms with E-state index in [4.69, 9.17) is 0 Å². The van der Waals surface area contributed by atoms with Gasteiger partial charge in [0.1, 0.15) is 0 Å². The number of hydrogen-bond donors (Lipinski definition) is 3. The van der Waals surface area contributed by atoms with Crippen molar-refractivity contribution in [2.45, 2.75) is 33.2 Å². The van der Waals surface area contributed by atoms with E-state index in [1.54, 1.807) is 12.1 Å². The highest BCUT2D eigenvalue weighted by atomic mass is 35.5. The van der Waals surface area contributed by atoms with Crippen LogP contribution in [0, 0.1) is 12.8 Å². The van der Waals surface area contributed by atoms with E-state index in [0.717, 1.165) is 30.8 Å². The zero-order valence-electron chi connectivity index (χ0n) is 13.2. The molecule has 1 unspecified atom stereocenters. The molecule has 1 atom stereocenters. The molecule has 1 fully saturated rings. The van der Waals surface area contributed by atoms with Crippen LogP contribution >= 0.6 is 12.4 Å². The Balaban J connectivity index is 0.00000242. The summed E-state index contributed by atoms with van der Waals surface area (Å²) in [6.45, 7) is 7.36. The van der Waals surface area contributed by atoms with E-state index in [-0.39, 0.29) is 36.2 Å². The lowest BCUT2D eigenvalue weighted by Gasteiger charge is -2.13. The molecule has 1 aliphatic rings. The van der Waals surface area contributed by atoms with E-state index in [0.29, 0.717) is 5.56 Å². The lowest BCUT2D eigenvalue weighted by molar-refractivity contribution is -0.119. The fourth-order valence-corrected chi connectivity index (χ4v) is 2.46. The van der Waals surface area contributed by atoms with Gasteiger partial charge in [-0.25, -0.2) is 0 Å². The number of amides is 2. The number of carbonyl (C=O) groups is 2. The number of benzene rings is 1. The van der Waals surface area contributed by atoms with Gasteiger partial charge < -0.3 is 16.0 Å². The molecule has 6 heteroatoms. The number of hydrogen-bond acceptors (Lipinski definition) is 3. The zero-order valence-corrected chi connectivity index (χ0v) is 14.0. The van der Waals surface area contributed by atoms with Gasteiger partial charge in [-0.2, -0.15) is 0 Å². The Labute approximate surface area is 137 Å². The Morgan fingerprint density at radius 2 is 2.05 bits per heavy atom. The zero-order chi connectivity index (χ0) is 15.4. The van der Waals surface area contributed by atoms with Crippen molar-refractivity contribution in [3.63, 3.8) is 0 Å². The summed E-state index contributed by atoms with van der Waals surface area (Å²) in [5.41, 5.74) is 2.24. The molecule has 0 radical (unpaired) electrons. The predicted molar refractivity (Wildman–Crippen MR) is 90.6 cm³/mol. The van der Waals surface area contributed by atoms with Crippen LogP contribution in [0.1, 0.15) is 36.2 Å². The Kier molecular flexibility index (Phi) is 6.84. The molecule has 1 saturated heterocycles. The van der Waals surface area contributed by atoms with Crippen LogP contribution in [0.5, 0.6) is 0 Å². The van der Waals surface area contributed by atoms with Crippen LogP contribution in [0.3, 0.4) is 0 Å². The summed E-state index contributed by atoms with van der Waals surface area (Å²) in [4.78, 5) is 24.1.